The minimum absolute atomic E-state index is 0.246. The van der Waals surface area contributed by atoms with Gasteiger partial charge in [-0.3, -0.25) is 4.79 Å². The molecule has 0 bridgehead atoms. The summed E-state index contributed by atoms with van der Waals surface area (Å²) in [6, 6.07) is 21.4. The Hall–Kier alpha value is -3.47. The number of hydrogen-bond acceptors (Lipinski definition) is 4. The molecule has 0 saturated carbocycles. The zero-order valence-corrected chi connectivity index (χ0v) is 13.6. The van der Waals surface area contributed by atoms with Crippen molar-refractivity contribution < 1.29 is 9.26 Å². The number of nitrogens with one attached hydrogen (secondary N) is 2. The predicted molar refractivity (Wildman–Crippen MR) is 98.5 cm³/mol. The second-order valence-corrected chi connectivity index (χ2v) is 5.65. The van der Waals surface area contributed by atoms with E-state index in [-0.39, 0.29) is 5.56 Å². The van der Waals surface area contributed by atoms with E-state index in [1.54, 1.807) is 13.2 Å². The van der Waals surface area contributed by atoms with E-state index in [9.17, 15) is 4.79 Å². The van der Waals surface area contributed by atoms with E-state index in [0.29, 0.717) is 16.7 Å². The molecule has 0 radical (unpaired) electrons. The molecule has 4 aromatic rings. The van der Waals surface area contributed by atoms with E-state index >= 15 is 0 Å². The number of methoxy groups -OCH3 is 1. The smallest absolute Gasteiger partial charge is 0.289 e. The first kappa shape index (κ1) is 15.1. The molecule has 1 heterocycles. The third-order valence-corrected chi connectivity index (χ3v) is 4.07. The van der Waals surface area contributed by atoms with Crippen molar-refractivity contribution in [3.8, 4) is 16.9 Å². The molecule has 0 atom stereocenters. The molecular formula is C20H16N2O3. The van der Waals surface area contributed by atoms with Gasteiger partial charge in [0.1, 0.15) is 11.1 Å². The average molecular weight is 332 g/mol. The maximum atomic E-state index is 11.9. The fourth-order valence-corrected chi connectivity index (χ4v) is 2.82. The standard InChI is InChI=1S/C20H16N2O3/c1-24-16-10-8-13(9-11-16)14-4-2-5-15(12-14)21-17-6-3-7-18-19(17)20(23)22-25-18/h2-12,21H,1H3,(H,22,23). The second-order valence-electron chi connectivity index (χ2n) is 5.65. The molecule has 0 spiro atoms. The van der Waals surface area contributed by atoms with E-state index in [1.165, 1.54) is 0 Å². The van der Waals surface area contributed by atoms with Crippen molar-refractivity contribution in [2.45, 2.75) is 0 Å². The van der Waals surface area contributed by atoms with Crippen LogP contribution < -0.4 is 15.6 Å². The summed E-state index contributed by atoms with van der Waals surface area (Å²) >= 11 is 0. The van der Waals surface area contributed by atoms with Crippen molar-refractivity contribution >= 4 is 22.3 Å². The Balaban J connectivity index is 1.69. The highest BCUT2D eigenvalue weighted by Crippen LogP contribution is 2.28. The normalized spacial score (nSPS) is 10.8. The van der Waals surface area contributed by atoms with E-state index in [1.807, 2.05) is 60.7 Å². The molecule has 124 valence electrons. The highest BCUT2D eigenvalue weighted by atomic mass is 16.5. The van der Waals surface area contributed by atoms with Crippen LogP contribution in [0.2, 0.25) is 0 Å². The first-order chi connectivity index (χ1) is 12.2. The molecule has 4 rings (SSSR count). The maximum Gasteiger partial charge on any atom is 0.289 e. The van der Waals surface area contributed by atoms with Crippen LogP contribution in [-0.2, 0) is 0 Å². The molecule has 0 fully saturated rings. The molecule has 0 saturated heterocycles. The Bertz CT molecular complexity index is 1080. The van der Waals surface area contributed by atoms with Crippen LogP contribution in [0.4, 0.5) is 11.4 Å². The van der Waals surface area contributed by atoms with Crippen LogP contribution in [0, 0.1) is 0 Å². The summed E-state index contributed by atoms with van der Waals surface area (Å²) in [7, 11) is 1.65. The molecule has 0 aliphatic rings. The number of anilines is 2. The van der Waals surface area contributed by atoms with Gasteiger partial charge in [0, 0.05) is 5.69 Å². The van der Waals surface area contributed by atoms with Gasteiger partial charge in [0.15, 0.2) is 5.58 Å². The molecule has 0 aliphatic carbocycles. The second kappa shape index (κ2) is 6.20. The topological polar surface area (TPSA) is 67.3 Å². The van der Waals surface area contributed by atoms with Gasteiger partial charge >= 0.3 is 0 Å². The van der Waals surface area contributed by atoms with Crippen molar-refractivity contribution in [2.24, 2.45) is 0 Å². The number of benzene rings is 3. The van der Waals surface area contributed by atoms with Crippen LogP contribution in [0.15, 0.2) is 76.0 Å². The van der Waals surface area contributed by atoms with Crippen molar-refractivity contribution in [1.29, 1.82) is 0 Å². The lowest BCUT2D eigenvalue weighted by molar-refractivity contribution is 0.415. The van der Waals surface area contributed by atoms with E-state index < -0.39 is 0 Å². The maximum absolute atomic E-state index is 11.9. The van der Waals surface area contributed by atoms with Gasteiger partial charge in [-0.25, -0.2) is 0 Å². The SMILES string of the molecule is COc1ccc(-c2cccc(Nc3cccc4o[nH]c(=O)c34)c2)cc1. The zero-order chi connectivity index (χ0) is 17.2. The summed E-state index contributed by atoms with van der Waals surface area (Å²) in [6.07, 6.45) is 0. The molecule has 0 aliphatic heterocycles. The molecule has 3 aromatic carbocycles. The number of aromatic nitrogens is 1. The summed E-state index contributed by atoms with van der Waals surface area (Å²) in [5.74, 6) is 0.823. The highest BCUT2D eigenvalue weighted by molar-refractivity contribution is 5.91. The zero-order valence-electron chi connectivity index (χ0n) is 13.6. The largest absolute Gasteiger partial charge is 0.497 e. The number of ether oxygens (including phenoxy) is 1. The third kappa shape index (κ3) is 2.87. The lowest BCUT2D eigenvalue weighted by Gasteiger charge is -2.09. The average Bonchev–Trinajstić information content (AvgIpc) is 3.04. The van der Waals surface area contributed by atoms with Gasteiger partial charge in [-0.1, -0.05) is 30.3 Å². The summed E-state index contributed by atoms with van der Waals surface area (Å²) in [5.41, 5.74) is 4.04. The molecule has 25 heavy (non-hydrogen) atoms. The lowest BCUT2D eigenvalue weighted by atomic mass is 10.0. The number of aromatic amines is 1. The molecule has 5 heteroatoms. The Kier molecular flexibility index (Phi) is 3.74. The van der Waals surface area contributed by atoms with Gasteiger partial charge in [-0.05, 0) is 47.5 Å². The summed E-state index contributed by atoms with van der Waals surface area (Å²) in [5, 5.41) is 6.18. The minimum Gasteiger partial charge on any atom is -0.497 e. The van der Waals surface area contributed by atoms with E-state index in [2.05, 4.69) is 10.5 Å². The van der Waals surface area contributed by atoms with E-state index in [4.69, 9.17) is 9.26 Å². The fraction of sp³-hybridized carbons (Fsp3) is 0.0500. The Morgan fingerprint density at radius 1 is 0.960 bits per heavy atom. The van der Waals surface area contributed by atoms with Crippen LogP contribution in [0.3, 0.4) is 0 Å². The van der Waals surface area contributed by atoms with Gasteiger partial charge in [0.2, 0.25) is 0 Å². The summed E-state index contributed by atoms with van der Waals surface area (Å²) < 4.78 is 10.4. The Morgan fingerprint density at radius 3 is 2.56 bits per heavy atom. The highest BCUT2D eigenvalue weighted by Gasteiger charge is 2.09. The summed E-state index contributed by atoms with van der Waals surface area (Å²) in [6.45, 7) is 0. The number of H-pyrrole nitrogens is 1. The Labute approximate surface area is 143 Å². The van der Waals surface area contributed by atoms with Crippen molar-refractivity contribution in [3.05, 3.63) is 77.1 Å². The van der Waals surface area contributed by atoms with Crippen molar-refractivity contribution in [1.82, 2.24) is 5.16 Å². The molecule has 5 nitrogen and oxygen atoms in total. The third-order valence-electron chi connectivity index (χ3n) is 4.07. The Morgan fingerprint density at radius 2 is 1.76 bits per heavy atom. The monoisotopic (exact) mass is 332 g/mol. The van der Waals surface area contributed by atoms with E-state index in [0.717, 1.165) is 22.6 Å². The van der Waals surface area contributed by atoms with Gasteiger partial charge in [-0.2, -0.15) is 5.16 Å². The van der Waals surface area contributed by atoms with Gasteiger partial charge in [0.05, 0.1) is 12.8 Å². The molecule has 0 unspecified atom stereocenters. The molecule has 2 N–H and O–H groups in total. The quantitative estimate of drug-likeness (QED) is 0.576. The minimum atomic E-state index is -0.246. The predicted octanol–water partition coefficient (Wildman–Crippen LogP) is 4.54. The van der Waals surface area contributed by atoms with Crippen molar-refractivity contribution in [3.63, 3.8) is 0 Å². The molecule has 1 aromatic heterocycles. The first-order valence-electron chi connectivity index (χ1n) is 7.86. The van der Waals surface area contributed by atoms with Gasteiger partial charge in [0.25, 0.3) is 5.56 Å². The van der Waals surface area contributed by atoms with Gasteiger partial charge < -0.3 is 14.6 Å². The molecular weight excluding hydrogens is 316 g/mol. The van der Waals surface area contributed by atoms with Crippen LogP contribution in [0.1, 0.15) is 0 Å². The summed E-state index contributed by atoms with van der Waals surface area (Å²) in [4.78, 5) is 11.9. The van der Waals surface area contributed by atoms with Crippen LogP contribution >= 0.6 is 0 Å². The fourth-order valence-electron chi connectivity index (χ4n) is 2.82. The molecule has 0 amide bonds. The van der Waals surface area contributed by atoms with Crippen molar-refractivity contribution in [2.75, 3.05) is 12.4 Å². The number of rotatable bonds is 4. The number of fused-ring (bicyclic) bond motifs is 1. The van der Waals surface area contributed by atoms with Crippen LogP contribution in [0.25, 0.3) is 22.1 Å². The van der Waals surface area contributed by atoms with Crippen LogP contribution in [-0.4, -0.2) is 12.3 Å². The first-order valence-corrected chi connectivity index (χ1v) is 7.86. The number of hydrogen-bond donors (Lipinski definition) is 2. The lowest BCUT2D eigenvalue weighted by Crippen LogP contribution is -2.01. The van der Waals surface area contributed by atoms with Gasteiger partial charge in [-0.15, -0.1) is 0 Å². The van der Waals surface area contributed by atoms with Crippen LogP contribution in [0.5, 0.6) is 5.75 Å².